The Morgan fingerprint density at radius 2 is 1.85 bits per heavy atom. The average Bonchev–Trinajstić information content (AvgIpc) is 2.94. The lowest BCUT2D eigenvalue weighted by atomic mass is 10.0. The van der Waals surface area contributed by atoms with Crippen molar-refractivity contribution in [2.45, 2.75) is 18.6 Å². The molecule has 130 valence electrons. The highest BCUT2D eigenvalue weighted by atomic mass is 32.2. The van der Waals surface area contributed by atoms with E-state index in [1.54, 1.807) is 24.3 Å². The minimum atomic E-state index is -0.833. The van der Waals surface area contributed by atoms with Crippen LogP contribution in [-0.4, -0.2) is 17.1 Å². The SMILES string of the molecule is Cc1ccccc1C[C@H]1S/C(=C(\C#N)C(N)=O)N(c2ccccc2)C1=O. The maximum atomic E-state index is 13.1. The first-order valence-electron chi connectivity index (χ1n) is 8.07. The number of nitrogens with two attached hydrogens (primary N) is 1. The van der Waals surface area contributed by atoms with Crippen LogP contribution in [0.2, 0.25) is 0 Å². The molecule has 0 saturated carbocycles. The van der Waals surface area contributed by atoms with Gasteiger partial charge in [0.1, 0.15) is 16.7 Å². The number of carbonyl (C=O) groups is 2. The summed E-state index contributed by atoms with van der Waals surface area (Å²) in [4.78, 5) is 26.2. The molecule has 2 aromatic rings. The van der Waals surface area contributed by atoms with Crippen molar-refractivity contribution in [3.05, 3.63) is 76.3 Å². The van der Waals surface area contributed by atoms with Gasteiger partial charge in [0.15, 0.2) is 0 Å². The number of hydrogen-bond donors (Lipinski definition) is 1. The molecular formula is C20H17N3O2S. The van der Waals surface area contributed by atoms with Gasteiger partial charge in [0.2, 0.25) is 5.91 Å². The second kappa shape index (κ2) is 7.46. The van der Waals surface area contributed by atoms with E-state index in [0.29, 0.717) is 17.1 Å². The first-order valence-corrected chi connectivity index (χ1v) is 8.95. The molecule has 1 fully saturated rings. The summed E-state index contributed by atoms with van der Waals surface area (Å²) in [5, 5.41) is 9.25. The minimum absolute atomic E-state index is 0.159. The summed E-state index contributed by atoms with van der Waals surface area (Å²) in [6.45, 7) is 2.00. The zero-order valence-electron chi connectivity index (χ0n) is 14.2. The van der Waals surface area contributed by atoms with Crippen molar-refractivity contribution in [2.75, 3.05) is 4.90 Å². The Bertz CT molecular complexity index is 932. The number of anilines is 1. The predicted molar refractivity (Wildman–Crippen MR) is 102 cm³/mol. The number of primary amides is 1. The van der Waals surface area contributed by atoms with Gasteiger partial charge in [0, 0.05) is 5.69 Å². The van der Waals surface area contributed by atoms with E-state index < -0.39 is 11.2 Å². The molecule has 2 N–H and O–H groups in total. The maximum absolute atomic E-state index is 13.1. The summed E-state index contributed by atoms with van der Waals surface area (Å²) >= 11 is 1.22. The Morgan fingerprint density at radius 3 is 2.46 bits per heavy atom. The maximum Gasteiger partial charge on any atom is 0.262 e. The van der Waals surface area contributed by atoms with Gasteiger partial charge in [-0.3, -0.25) is 14.5 Å². The van der Waals surface area contributed by atoms with Gasteiger partial charge in [-0.25, -0.2) is 0 Å². The number of thioether (sulfide) groups is 1. The summed E-state index contributed by atoms with van der Waals surface area (Å²) in [6, 6.07) is 18.7. The number of hydrogen-bond acceptors (Lipinski definition) is 4. The third-order valence-corrected chi connectivity index (χ3v) is 5.47. The number of amides is 2. The Balaban J connectivity index is 2.04. The molecule has 0 radical (unpaired) electrons. The van der Waals surface area contributed by atoms with Gasteiger partial charge >= 0.3 is 0 Å². The van der Waals surface area contributed by atoms with Gasteiger partial charge in [-0.1, -0.05) is 54.2 Å². The van der Waals surface area contributed by atoms with Gasteiger partial charge in [-0.05, 0) is 36.6 Å². The summed E-state index contributed by atoms with van der Waals surface area (Å²) < 4.78 is 0. The molecule has 2 amide bonds. The molecule has 1 aliphatic heterocycles. The lowest BCUT2D eigenvalue weighted by Crippen LogP contribution is -2.31. The molecule has 3 rings (SSSR count). The van der Waals surface area contributed by atoms with E-state index in [1.807, 2.05) is 43.3 Å². The molecule has 1 heterocycles. The largest absolute Gasteiger partial charge is 0.365 e. The fourth-order valence-corrected chi connectivity index (χ4v) is 4.15. The summed E-state index contributed by atoms with van der Waals surface area (Å²) in [5.74, 6) is -0.992. The van der Waals surface area contributed by atoms with Crippen LogP contribution in [0, 0.1) is 18.3 Å². The molecule has 6 heteroatoms. The third kappa shape index (κ3) is 3.35. The standard InChI is InChI=1S/C20H17N3O2S/c1-13-7-5-6-8-14(13)11-17-19(25)23(15-9-3-2-4-10-15)20(26-17)16(12-21)18(22)24/h2-10,17H,11H2,1H3,(H2,22,24)/b20-16+/t17-/m1/s1. The van der Waals surface area contributed by atoms with E-state index in [1.165, 1.54) is 16.7 Å². The Morgan fingerprint density at radius 1 is 1.19 bits per heavy atom. The van der Waals surface area contributed by atoms with Crippen molar-refractivity contribution in [3.63, 3.8) is 0 Å². The highest BCUT2D eigenvalue weighted by Crippen LogP contribution is 2.41. The van der Waals surface area contributed by atoms with Crippen molar-refractivity contribution in [2.24, 2.45) is 5.73 Å². The lowest BCUT2D eigenvalue weighted by molar-refractivity contribution is -0.117. The van der Waals surface area contributed by atoms with Crippen LogP contribution in [-0.2, 0) is 16.0 Å². The van der Waals surface area contributed by atoms with Crippen molar-refractivity contribution >= 4 is 29.3 Å². The minimum Gasteiger partial charge on any atom is -0.365 e. The van der Waals surface area contributed by atoms with Crippen LogP contribution in [0.15, 0.2) is 65.2 Å². The van der Waals surface area contributed by atoms with E-state index in [2.05, 4.69) is 0 Å². The van der Waals surface area contributed by atoms with Gasteiger partial charge in [0.25, 0.3) is 5.91 Å². The van der Waals surface area contributed by atoms with Crippen molar-refractivity contribution < 1.29 is 9.59 Å². The Kier molecular flexibility index (Phi) is 5.10. The number of benzene rings is 2. The molecule has 2 aromatic carbocycles. The molecule has 0 spiro atoms. The predicted octanol–water partition coefficient (Wildman–Crippen LogP) is 2.91. The summed E-state index contributed by atoms with van der Waals surface area (Å²) in [6.07, 6.45) is 0.514. The molecule has 0 unspecified atom stereocenters. The summed E-state index contributed by atoms with van der Waals surface area (Å²) in [5.41, 5.74) is 7.94. The molecule has 1 saturated heterocycles. The van der Waals surface area contributed by atoms with Crippen molar-refractivity contribution in [3.8, 4) is 6.07 Å². The fourth-order valence-electron chi connectivity index (χ4n) is 2.85. The summed E-state index contributed by atoms with van der Waals surface area (Å²) in [7, 11) is 0. The molecule has 1 aliphatic rings. The van der Waals surface area contributed by atoms with Gasteiger partial charge in [-0.15, -0.1) is 0 Å². The lowest BCUT2D eigenvalue weighted by Gasteiger charge is -2.18. The molecule has 26 heavy (non-hydrogen) atoms. The smallest absolute Gasteiger partial charge is 0.262 e. The number of nitriles is 1. The molecule has 1 atom stereocenters. The number of nitrogens with zero attached hydrogens (tertiary/aromatic N) is 2. The zero-order valence-corrected chi connectivity index (χ0v) is 15.0. The van der Waals surface area contributed by atoms with Crippen molar-refractivity contribution in [1.82, 2.24) is 0 Å². The Labute approximate surface area is 156 Å². The van der Waals surface area contributed by atoms with Gasteiger partial charge < -0.3 is 5.73 Å². The van der Waals surface area contributed by atoms with Crippen molar-refractivity contribution in [1.29, 1.82) is 5.26 Å². The number of carbonyl (C=O) groups excluding carboxylic acids is 2. The van der Waals surface area contributed by atoms with Crippen LogP contribution in [0.1, 0.15) is 11.1 Å². The van der Waals surface area contributed by atoms with E-state index in [9.17, 15) is 14.9 Å². The quantitative estimate of drug-likeness (QED) is 0.668. The Hall–Kier alpha value is -3.04. The van der Waals surface area contributed by atoms with Gasteiger partial charge in [-0.2, -0.15) is 5.26 Å². The molecule has 0 aliphatic carbocycles. The number of para-hydroxylation sites is 1. The number of rotatable bonds is 4. The highest BCUT2D eigenvalue weighted by Gasteiger charge is 2.40. The van der Waals surface area contributed by atoms with Crippen LogP contribution in [0.5, 0.6) is 0 Å². The molecular weight excluding hydrogens is 346 g/mol. The van der Waals surface area contributed by atoms with Crippen LogP contribution >= 0.6 is 11.8 Å². The second-order valence-electron chi connectivity index (χ2n) is 5.90. The first-order chi connectivity index (χ1) is 12.5. The number of aryl methyl sites for hydroxylation is 1. The van der Waals surface area contributed by atoms with Crippen LogP contribution in [0.3, 0.4) is 0 Å². The van der Waals surface area contributed by atoms with Crippen LogP contribution in [0.4, 0.5) is 5.69 Å². The molecule has 5 nitrogen and oxygen atoms in total. The van der Waals surface area contributed by atoms with E-state index in [0.717, 1.165) is 11.1 Å². The topological polar surface area (TPSA) is 87.2 Å². The van der Waals surface area contributed by atoms with E-state index >= 15 is 0 Å². The van der Waals surface area contributed by atoms with Crippen LogP contribution < -0.4 is 10.6 Å². The monoisotopic (exact) mass is 363 g/mol. The third-order valence-electron chi connectivity index (χ3n) is 4.21. The van der Waals surface area contributed by atoms with E-state index in [4.69, 9.17) is 5.73 Å². The first kappa shape index (κ1) is 17.8. The second-order valence-corrected chi connectivity index (χ2v) is 7.09. The fraction of sp³-hybridized carbons (Fsp3) is 0.150. The van der Waals surface area contributed by atoms with Gasteiger partial charge in [0.05, 0.1) is 5.25 Å². The molecule has 0 aromatic heterocycles. The normalized spacial score (nSPS) is 18.5. The van der Waals surface area contributed by atoms with Crippen LogP contribution in [0.25, 0.3) is 0 Å². The zero-order chi connectivity index (χ0) is 18.7. The van der Waals surface area contributed by atoms with E-state index in [-0.39, 0.29) is 11.5 Å². The molecule has 0 bridgehead atoms. The highest BCUT2D eigenvalue weighted by molar-refractivity contribution is 8.05. The average molecular weight is 363 g/mol.